The van der Waals surface area contributed by atoms with Crippen molar-refractivity contribution in [1.29, 1.82) is 0 Å². The first-order valence-corrected chi connectivity index (χ1v) is 2.35. The Kier molecular flexibility index (Phi) is 3.58. The van der Waals surface area contributed by atoms with Gasteiger partial charge in [0.15, 0.2) is 0 Å². The number of hydrogen-bond donors (Lipinski definition) is 1. The molecule has 0 aromatic heterocycles. The monoisotopic (exact) mass is 110 g/mol. The fraction of sp³-hybridized carbons (Fsp3) is 0.167. The maximum atomic E-state index is 5.06. The van der Waals surface area contributed by atoms with Crippen LogP contribution < -0.4 is 5.73 Å². The minimum absolute atomic E-state index is 0.863. The number of rotatable bonds is 2. The summed E-state index contributed by atoms with van der Waals surface area (Å²) in [6.07, 6.45) is 4.64. The predicted molar refractivity (Wildman–Crippen MR) is 36.6 cm³/mol. The molecule has 8 heavy (non-hydrogen) atoms. The van der Waals surface area contributed by atoms with E-state index in [4.69, 9.17) is 5.73 Å². The third kappa shape index (κ3) is 3.15. The lowest BCUT2D eigenvalue weighted by molar-refractivity contribution is 1.53. The van der Waals surface area contributed by atoms with E-state index >= 15 is 0 Å². The second-order valence-corrected chi connectivity index (χ2v) is 1.31. The summed E-state index contributed by atoms with van der Waals surface area (Å²) in [7, 11) is 0. The Labute approximate surface area is 49.4 Å². The summed E-state index contributed by atoms with van der Waals surface area (Å²) in [6, 6.07) is 0. The molecule has 44 valence electrons. The zero-order valence-electron chi connectivity index (χ0n) is 4.96. The Morgan fingerprint density at radius 1 is 1.75 bits per heavy atom. The summed E-state index contributed by atoms with van der Waals surface area (Å²) < 4.78 is 0. The van der Waals surface area contributed by atoms with Gasteiger partial charge in [-0.15, -0.1) is 0 Å². The normalized spacial score (nSPS) is 12.4. The van der Waals surface area contributed by atoms with Crippen LogP contribution in [0.4, 0.5) is 0 Å². The van der Waals surface area contributed by atoms with E-state index in [9.17, 15) is 0 Å². The van der Waals surface area contributed by atoms with Gasteiger partial charge < -0.3 is 5.73 Å². The van der Waals surface area contributed by atoms with Gasteiger partial charge in [-0.2, -0.15) is 0 Å². The lowest BCUT2D eigenvalue weighted by atomic mass is 10.4. The van der Waals surface area contributed by atoms with Crippen LogP contribution in [0.15, 0.2) is 30.0 Å². The first-order valence-electron chi connectivity index (χ1n) is 2.35. The summed E-state index contributed by atoms with van der Waals surface area (Å²) in [5.41, 5.74) is 5.93. The van der Waals surface area contributed by atoms with Crippen molar-refractivity contribution in [1.82, 2.24) is 0 Å². The van der Waals surface area contributed by atoms with Gasteiger partial charge in [0, 0.05) is 11.9 Å². The Morgan fingerprint density at radius 2 is 2.38 bits per heavy atom. The molecule has 0 aromatic rings. The maximum absolute atomic E-state index is 5.06. The molecule has 0 fully saturated rings. The summed E-state index contributed by atoms with van der Waals surface area (Å²) in [5, 5.41) is 0. The van der Waals surface area contributed by atoms with E-state index in [1.165, 1.54) is 12.4 Å². The average Bonchev–Trinajstić information content (AvgIpc) is 1.68. The fourth-order valence-electron chi connectivity index (χ4n) is 0.326. The molecule has 0 saturated heterocycles. The predicted octanol–water partition coefficient (Wildman–Crippen LogP) is 1.06. The molecule has 0 aliphatic carbocycles. The van der Waals surface area contributed by atoms with Gasteiger partial charge >= 0.3 is 0 Å². The molecule has 0 heterocycles. The first kappa shape index (κ1) is 6.95. The van der Waals surface area contributed by atoms with Gasteiger partial charge in [-0.3, -0.25) is 4.99 Å². The molecule has 0 aliphatic heterocycles. The topological polar surface area (TPSA) is 38.4 Å². The third-order valence-corrected chi connectivity index (χ3v) is 0.632. The number of hydrogen-bond acceptors (Lipinski definition) is 2. The summed E-state index contributed by atoms with van der Waals surface area (Å²) >= 11 is 0. The highest BCUT2D eigenvalue weighted by Crippen LogP contribution is 1.77. The van der Waals surface area contributed by atoms with Crippen LogP contribution in [0.1, 0.15) is 6.92 Å². The molecule has 0 rings (SSSR count). The molecule has 0 amide bonds. The minimum atomic E-state index is 0.863. The highest BCUT2D eigenvalue weighted by atomic mass is 14.7. The van der Waals surface area contributed by atoms with Gasteiger partial charge in [-0.1, -0.05) is 6.58 Å². The smallest absolute Gasteiger partial charge is 0.0386 e. The molecule has 2 N–H and O–H groups in total. The van der Waals surface area contributed by atoms with Crippen molar-refractivity contribution in [2.75, 3.05) is 0 Å². The molecule has 0 aliphatic rings. The van der Waals surface area contributed by atoms with E-state index in [0.29, 0.717) is 0 Å². The standard InChI is InChI=1S/C6H10N2/c1-3-8-6(2)4-5-7/h3-5H,1,7H2,2H3/b5-4-,8-6?. The zero-order chi connectivity index (χ0) is 6.41. The van der Waals surface area contributed by atoms with Gasteiger partial charge in [0.1, 0.15) is 0 Å². The molecule has 0 radical (unpaired) electrons. The highest BCUT2D eigenvalue weighted by molar-refractivity contribution is 5.92. The molecule has 0 aromatic carbocycles. The summed E-state index contributed by atoms with van der Waals surface area (Å²) in [4.78, 5) is 3.83. The third-order valence-electron chi connectivity index (χ3n) is 0.632. The fourth-order valence-corrected chi connectivity index (χ4v) is 0.326. The van der Waals surface area contributed by atoms with E-state index in [1.807, 2.05) is 6.92 Å². The van der Waals surface area contributed by atoms with Crippen molar-refractivity contribution in [2.24, 2.45) is 10.7 Å². The van der Waals surface area contributed by atoms with Gasteiger partial charge in [0.05, 0.1) is 0 Å². The van der Waals surface area contributed by atoms with E-state index in [1.54, 1.807) is 6.08 Å². The number of allylic oxidation sites excluding steroid dienone is 1. The molecule has 2 heteroatoms. The van der Waals surface area contributed by atoms with Gasteiger partial charge in [-0.05, 0) is 19.2 Å². The number of nitrogens with zero attached hydrogens (tertiary/aromatic N) is 1. The summed E-state index contributed by atoms with van der Waals surface area (Å²) in [6.45, 7) is 5.27. The lowest BCUT2D eigenvalue weighted by Crippen LogP contribution is -1.85. The van der Waals surface area contributed by atoms with Crippen LogP contribution in [-0.2, 0) is 0 Å². The maximum Gasteiger partial charge on any atom is 0.0386 e. The molecule has 0 unspecified atom stereocenters. The molecule has 0 atom stereocenters. The van der Waals surface area contributed by atoms with E-state index in [0.717, 1.165) is 5.71 Å². The quantitative estimate of drug-likeness (QED) is 0.530. The van der Waals surface area contributed by atoms with Crippen LogP contribution in [0.5, 0.6) is 0 Å². The van der Waals surface area contributed by atoms with Crippen LogP contribution in [-0.4, -0.2) is 5.71 Å². The molecular formula is C6H10N2. The SMILES string of the molecule is C=CN=C(C)/C=C\N. The van der Waals surface area contributed by atoms with Crippen molar-refractivity contribution in [3.63, 3.8) is 0 Å². The van der Waals surface area contributed by atoms with Crippen LogP contribution in [0.3, 0.4) is 0 Å². The second kappa shape index (κ2) is 4.12. The van der Waals surface area contributed by atoms with Gasteiger partial charge in [0.25, 0.3) is 0 Å². The Hall–Kier alpha value is -1.05. The molecule has 0 saturated carbocycles. The second-order valence-electron chi connectivity index (χ2n) is 1.31. The molecular weight excluding hydrogens is 100 g/mol. The van der Waals surface area contributed by atoms with Crippen LogP contribution >= 0.6 is 0 Å². The Morgan fingerprint density at radius 3 is 2.75 bits per heavy atom. The minimum Gasteiger partial charge on any atom is -0.405 e. The van der Waals surface area contributed by atoms with E-state index < -0.39 is 0 Å². The Bertz CT molecular complexity index is 122. The van der Waals surface area contributed by atoms with Crippen molar-refractivity contribution in [3.05, 3.63) is 25.1 Å². The van der Waals surface area contributed by atoms with Crippen molar-refractivity contribution < 1.29 is 0 Å². The van der Waals surface area contributed by atoms with Crippen LogP contribution in [0.2, 0.25) is 0 Å². The molecule has 0 spiro atoms. The van der Waals surface area contributed by atoms with Crippen molar-refractivity contribution in [2.45, 2.75) is 6.92 Å². The van der Waals surface area contributed by atoms with Gasteiger partial charge in [0.2, 0.25) is 0 Å². The van der Waals surface area contributed by atoms with Crippen molar-refractivity contribution >= 4 is 5.71 Å². The summed E-state index contributed by atoms with van der Waals surface area (Å²) in [5.74, 6) is 0. The molecule has 2 nitrogen and oxygen atoms in total. The number of aliphatic imine (C=N–C) groups is 1. The average molecular weight is 110 g/mol. The zero-order valence-corrected chi connectivity index (χ0v) is 4.96. The molecule has 0 bridgehead atoms. The van der Waals surface area contributed by atoms with E-state index in [-0.39, 0.29) is 0 Å². The van der Waals surface area contributed by atoms with Crippen molar-refractivity contribution in [3.8, 4) is 0 Å². The van der Waals surface area contributed by atoms with Gasteiger partial charge in [-0.25, -0.2) is 0 Å². The largest absolute Gasteiger partial charge is 0.405 e. The first-order chi connectivity index (χ1) is 3.81. The Balaban J connectivity index is 3.79. The van der Waals surface area contributed by atoms with E-state index in [2.05, 4.69) is 11.6 Å². The number of nitrogens with two attached hydrogens (primary N) is 1. The van der Waals surface area contributed by atoms with Crippen LogP contribution in [0.25, 0.3) is 0 Å². The lowest BCUT2D eigenvalue weighted by Gasteiger charge is -1.82. The highest BCUT2D eigenvalue weighted by Gasteiger charge is 1.73. The van der Waals surface area contributed by atoms with Crippen LogP contribution in [0, 0.1) is 0 Å².